The Labute approximate surface area is 149 Å². The third-order valence-corrected chi connectivity index (χ3v) is 4.86. The van der Waals surface area contributed by atoms with E-state index in [9.17, 15) is 0 Å². The first-order valence-corrected chi connectivity index (χ1v) is 9.03. The minimum atomic E-state index is 0.573. The summed E-state index contributed by atoms with van der Waals surface area (Å²) in [6.45, 7) is 5.09. The summed E-state index contributed by atoms with van der Waals surface area (Å²) in [6.07, 6.45) is 1.33. The summed E-state index contributed by atoms with van der Waals surface area (Å²) in [5, 5.41) is 13.5. The van der Waals surface area contributed by atoms with E-state index in [2.05, 4.69) is 61.0 Å². The maximum Gasteiger partial charge on any atom is 0.232 e. The number of anilines is 1. The third kappa shape index (κ3) is 3.52. The normalized spacial score (nSPS) is 14.8. The molecule has 0 amide bonds. The van der Waals surface area contributed by atoms with Crippen molar-refractivity contribution in [2.45, 2.75) is 17.8 Å². The van der Waals surface area contributed by atoms with E-state index < -0.39 is 0 Å². The third-order valence-electron chi connectivity index (χ3n) is 3.94. The number of hydrogen-bond donors (Lipinski definition) is 0. The van der Waals surface area contributed by atoms with Crippen LogP contribution in [0.5, 0.6) is 0 Å². The van der Waals surface area contributed by atoms with Crippen molar-refractivity contribution >= 4 is 17.7 Å². The number of hydrogen-bond acceptors (Lipinski definition) is 8. The lowest BCUT2D eigenvalue weighted by atomic mass is 10.2. The van der Waals surface area contributed by atoms with E-state index in [1.54, 1.807) is 0 Å². The fraction of sp³-hybridized carbons (Fsp3) is 0.375. The number of aryl methyl sites for hydroxylation is 1. The van der Waals surface area contributed by atoms with Crippen LogP contribution < -0.4 is 4.90 Å². The molecule has 3 heterocycles. The zero-order valence-corrected chi connectivity index (χ0v) is 14.6. The SMILES string of the molecule is Cc1ccc(-n2c(SCc3ncon3)nnc2N2CCOCC2)cc1. The van der Waals surface area contributed by atoms with Crippen LogP contribution in [0.2, 0.25) is 0 Å². The van der Waals surface area contributed by atoms with Gasteiger partial charge in [-0.15, -0.1) is 10.2 Å². The van der Waals surface area contributed by atoms with Crippen LogP contribution in [0.25, 0.3) is 5.69 Å². The van der Waals surface area contributed by atoms with Crippen molar-refractivity contribution in [3.63, 3.8) is 0 Å². The first-order chi connectivity index (χ1) is 12.3. The molecule has 3 aromatic rings. The van der Waals surface area contributed by atoms with Crippen molar-refractivity contribution in [1.29, 1.82) is 0 Å². The zero-order chi connectivity index (χ0) is 17.1. The second-order valence-corrected chi connectivity index (χ2v) is 6.63. The van der Waals surface area contributed by atoms with Gasteiger partial charge in [0.15, 0.2) is 11.0 Å². The van der Waals surface area contributed by atoms with E-state index in [4.69, 9.17) is 9.26 Å². The minimum absolute atomic E-state index is 0.573. The van der Waals surface area contributed by atoms with Crippen molar-refractivity contribution in [3.05, 3.63) is 42.0 Å². The molecule has 25 heavy (non-hydrogen) atoms. The monoisotopic (exact) mass is 358 g/mol. The van der Waals surface area contributed by atoms with Crippen molar-refractivity contribution in [2.75, 3.05) is 31.2 Å². The van der Waals surface area contributed by atoms with E-state index in [1.807, 2.05) is 0 Å². The van der Waals surface area contributed by atoms with Gasteiger partial charge in [-0.3, -0.25) is 4.57 Å². The van der Waals surface area contributed by atoms with E-state index in [0.29, 0.717) is 24.8 Å². The summed E-state index contributed by atoms with van der Waals surface area (Å²) in [7, 11) is 0. The van der Waals surface area contributed by atoms with E-state index in [-0.39, 0.29) is 0 Å². The summed E-state index contributed by atoms with van der Waals surface area (Å²) < 4.78 is 12.3. The summed E-state index contributed by atoms with van der Waals surface area (Å²) >= 11 is 1.54. The van der Waals surface area contributed by atoms with Crippen LogP contribution >= 0.6 is 11.8 Å². The molecule has 1 aliphatic heterocycles. The first kappa shape index (κ1) is 16.1. The van der Waals surface area contributed by atoms with Crippen LogP contribution in [0.3, 0.4) is 0 Å². The highest BCUT2D eigenvalue weighted by Gasteiger charge is 2.22. The highest BCUT2D eigenvalue weighted by molar-refractivity contribution is 7.98. The van der Waals surface area contributed by atoms with E-state index in [1.165, 1.54) is 23.7 Å². The maximum absolute atomic E-state index is 5.45. The Morgan fingerprint density at radius 2 is 1.92 bits per heavy atom. The summed E-state index contributed by atoms with van der Waals surface area (Å²) in [4.78, 5) is 6.26. The van der Waals surface area contributed by atoms with Crippen LogP contribution in [0, 0.1) is 6.92 Å². The van der Waals surface area contributed by atoms with Crippen molar-refractivity contribution in [3.8, 4) is 5.69 Å². The fourth-order valence-corrected chi connectivity index (χ4v) is 3.43. The first-order valence-electron chi connectivity index (χ1n) is 8.04. The Hall–Kier alpha value is -2.39. The van der Waals surface area contributed by atoms with Gasteiger partial charge in [-0.2, -0.15) is 4.98 Å². The van der Waals surface area contributed by atoms with Crippen molar-refractivity contribution in [2.24, 2.45) is 0 Å². The molecule has 9 heteroatoms. The van der Waals surface area contributed by atoms with E-state index in [0.717, 1.165) is 29.9 Å². The highest BCUT2D eigenvalue weighted by atomic mass is 32.2. The van der Waals surface area contributed by atoms with Crippen LogP contribution in [-0.2, 0) is 10.5 Å². The smallest absolute Gasteiger partial charge is 0.232 e. The number of benzene rings is 1. The average molecular weight is 358 g/mol. The molecule has 0 bridgehead atoms. The molecule has 0 aliphatic carbocycles. The maximum atomic E-state index is 5.45. The van der Waals surface area contributed by atoms with Gasteiger partial charge in [0, 0.05) is 13.1 Å². The molecule has 8 nitrogen and oxygen atoms in total. The summed E-state index contributed by atoms with van der Waals surface area (Å²) in [5.41, 5.74) is 2.25. The molecule has 0 unspecified atom stereocenters. The Balaban J connectivity index is 1.67. The lowest BCUT2D eigenvalue weighted by molar-refractivity contribution is 0.122. The molecule has 0 spiro atoms. The van der Waals surface area contributed by atoms with Crippen molar-refractivity contribution < 1.29 is 9.26 Å². The Bertz CT molecular complexity index is 812. The average Bonchev–Trinajstić information content (AvgIpc) is 3.31. The molecule has 1 saturated heterocycles. The summed E-state index contributed by atoms with van der Waals surface area (Å²) in [5.74, 6) is 2.04. The molecule has 2 aromatic heterocycles. The second-order valence-electron chi connectivity index (χ2n) is 5.69. The lowest BCUT2D eigenvalue weighted by Crippen LogP contribution is -2.37. The van der Waals surface area contributed by atoms with Gasteiger partial charge in [0.05, 0.1) is 24.7 Å². The zero-order valence-electron chi connectivity index (χ0n) is 13.8. The lowest BCUT2D eigenvalue weighted by Gasteiger charge is -2.27. The predicted octanol–water partition coefficient (Wildman–Crippen LogP) is 2.09. The van der Waals surface area contributed by atoms with E-state index >= 15 is 0 Å². The van der Waals surface area contributed by atoms with Gasteiger partial charge in [-0.05, 0) is 19.1 Å². The second kappa shape index (κ2) is 7.24. The quantitative estimate of drug-likeness (QED) is 0.641. The van der Waals surface area contributed by atoms with Gasteiger partial charge >= 0.3 is 0 Å². The standard InChI is InChI=1S/C16H18N6O2S/c1-12-2-4-13(5-3-12)22-15(21-6-8-23-9-7-21)18-19-16(22)25-10-14-17-11-24-20-14/h2-5,11H,6-10H2,1H3. The Morgan fingerprint density at radius 1 is 1.12 bits per heavy atom. The van der Waals surface area contributed by atoms with Gasteiger partial charge in [-0.1, -0.05) is 34.6 Å². The molecule has 1 aliphatic rings. The molecule has 130 valence electrons. The number of rotatable bonds is 5. The molecular weight excluding hydrogens is 340 g/mol. The predicted molar refractivity (Wildman–Crippen MR) is 93.0 cm³/mol. The number of aromatic nitrogens is 5. The van der Waals surface area contributed by atoms with Crippen LogP contribution in [0.4, 0.5) is 5.95 Å². The molecule has 0 atom stereocenters. The molecular formula is C16H18N6O2S. The Kier molecular flexibility index (Phi) is 4.66. The summed E-state index contributed by atoms with van der Waals surface area (Å²) in [6, 6.07) is 8.35. The molecule has 0 N–H and O–H groups in total. The molecule has 1 aromatic carbocycles. The van der Waals surface area contributed by atoms with Crippen LogP contribution in [0.15, 0.2) is 40.3 Å². The van der Waals surface area contributed by atoms with Crippen LogP contribution in [0.1, 0.15) is 11.4 Å². The molecule has 0 radical (unpaired) electrons. The highest BCUT2D eigenvalue weighted by Crippen LogP contribution is 2.28. The molecule has 0 saturated carbocycles. The van der Waals surface area contributed by atoms with Gasteiger partial charge in [0.1, 0.15) is 0 Å². The number of thioether (sulfide) groups is 1. The number of morpholine rings is 1. The van der Waals surface area contributed by atoms with Gasteiger partial charge in [0.2, 0.25) is 12.3 Å². The molecule has 4 rings (SSSR count). The van der Waals surface area contributed by atoms with Gasteiger partial charge in [0.25, 0.3) is 0 Å². The molecule has 1 fully saturated rings. The van der Waals surface area contributed by atoms with Crippen molar-refractivity contribution in [1.82, 2.24) is 24.9 Å². The fourth-order valence-electron chi connectivity index (χ4n) is 2.63. The van der Waals surface area contributed by atoms with Gasteiger partial charge in [-0.25, -0.2) is 0 Å². The Morgan fingerprint density at radius 3 is 2.64 bits per heavy atom. The number of nitrogens with zero attached hydrogens (tertiary/aromatic N) is 6. The topological polar surface area (TPSA) is 82.1 Å². The largest absolute Gasteiger partial charge is 0.378 e. The van der Waals surface area contributed by atoms with Crippen LogP contribution in [-0.4, -0.2) is 51.2 Å². The number of ether oxygens (including phenoxy) is 1. The minimum Gasteiger partial charge on any atom is -0.378 e. The van der Waals surface area contributed by atoms with Gasteiger partial charge < -0.3 is 14.2 Å².